The molecule has 0 saturated heterocycles. The number of rotatable bonds is 4. The molecule has 0 aliphatic rings. The zero-order valence-corrected chi connectivity index (χ0v) is 8.83. The van der Waals surface area contributed by atoms with E-state index in [0.717, 1.165) is 12.0 Å². The smallest absolute Gasteiger partial charge is 0.157 e. The fourth-order valence-corrected chi connectivity index (χ4v) is 1.32. The molecule has 0 amide bonds. The van der Waals surface area contributed by atoms with Crippen molar-refractivity contribution in [2.24, 2.45) is 0 Å². The number of hydrogen-bond acceptors (Lipinski definition) is 4. The van der Waals surface area contributed by atoms with Gasteiger partial charge in [0.25, 0.3) is 0 Å². The van der Waals surface area contributed by atoms with E-state index in [1.807, 2.05) is 6.92 Å². The molecule has 0 saturated carbocycles. The minimum absolute atomic E-state index is 0.519. The Bertz CT molecular complexity index is 493. The molecule has 0 aliphatic heterocycles. The van der Waals surface area contributed by atoms with E-state index in [9.17, 15) is 4.79 Å². The summed E-state index contributed by atoms with van der Waals surface area (Å²) in [4.78, 5) is 14.6. The number of aromatic nitrogens is 3. The summed E-state index contributed by atoms with van der Waals surface area (Å²) in [6.07, 6.45) is 7.26. The van der Waals surface area contributed by atoms with E-state index >= 15 is 0 Å². The highest BCUT2D eigenvalue weighted by molar-refractivity contribution is 5.75. The molecule has 0 atom stereocenters. The predicted molar refractivity (Wildman–Crippen MR) is 57.9 cm³/mol. The van der Waals surface area contributed by atoms with E-state index < -0.39 is 0 Å². The molecule has 0 aromatic carbocycles. The summed E-state index contributed by atoms with van der Waals surface area (Å²) in [6, 6.07) is 1.71. The molecule has 0 aliphatic carbocycles. The summed E-state index contributed by atoms with van der Waals surface area (Å²) in [7, 11) is 0. The monoisotopic (exact) mass is 217 g/mol. The van der Waals surface area contributed by atoms with Gasteiger partial charge in [0.05, 0.1) is 30.9 Å². The Morgan fingerprint density at radius 2 is 2.31 bits per heavy atom. The lowest BCUT2D eigenvalue weighted by Crippen LogP contribution is -1.96. The number of ether oxygens (including phenoxy) is 1. The third-order valence-electron chi connectivity index (χ3n) is 2.02. The summed E-state index contributed by atoms with van der Waals surface area (Å²) < 4.78 is 6.91. The predicted octanol–water partition coefficient (Wildman–Crippen LogP) is 1.48. The van der Waals surface area contributed by atoms with Gasteiger partial charge in [0.2, 0.25) is 0 Å². The maximum Gasteiger partial charge on any atom is 0.157 e. The number of aldehydes is 1. The van der Waals surface area contributed by atoms with E-state index in [-0.39, 0.29) is 0 Å². The van der Waals surface area contributed by atoms with Gasteiger partial charge in [-0.05, 0) is 13.0 Å². The Morgan fingerprint density at radius 3 is 3.06 bits per heavy atom. The molecule has 5 nitrogen and oxygen atoms in total. The zero-order valence-electron chi connectivity index (χ0n) is 8.83. The largest absolute Gasteiger partial charge is 0.491 e. The van der Waals surface area contributed by atoms with Crippen LogP contribution in [0.1, 0.15) is 17.3 Å². The van der Waals surface area contributed by atoms with Gasteiger partial charge in [0, 0.05) is 11.8 Å². The molecule has 16 heavy (non-hydrogen) atoms. The van der Waals surface area contributed by atoms with Crippen molar-refractivity contribution in [2.45, 2.75) is 6.92 Å². The lowest BCUT2D eigenvalue weighted by atomic mass is 10.3. The first kappa shape index (κ1) is 10.4. The molecule has 0 N–H and O–H groups in total. The third kappa shape index (κ3) is 2.08. The van der Waals surface area contributed by atoms with Crippen molar-refractivity contribution < 1.29 is 9.53 Å². The topological polar surface area (TPSA) is 57.0 Å². The summed E-state index contributed by atoms with van der Waals surface area (Å²) >= 11 is 0. The van der Waals surface area contributed by atoms with Crippen LogP contribution in [0.3, 0.4) is 0 Å². The third-order valence-corrected chi connectivity index (χ3v) is 2.02. The summed E-state index contributed by atoms with van der Waals surface area (Å²) in [5, 5.41) is 4.12. The Labute approximate surface area is 92.7 Å². The fraction of sp³-hybridized carbons (Fsp3) is 0.182. The molecular formula is C11H11N3O2. The highest BCUT2D eigenvalue weighted by atomic mass is 16.5. The van der Waals surface area contributed by atoms with E-state index in [1.54, 1.807) is 29.3 Å². The first-order chi connectivity index (χ1) is 7.83. The van der Waals surface area contributed by atoms with E-state index in [4.69, 9.17) is 4.74 Å². The van der Waals surface area contributed by atoms with Gasteiger partial charge in [-0.3, -0.25) is 9.78 Å². The molecule has 2 heterocycles. The van der Waals surface area contributed by atoms with Gasteiger partial charge in [0.1, 0.15) is 0 Å². The molecule has 0 spiro atoms. The van der Waals surface area contributed by atoms with Crippen LogP contribution in [-0.4, -0.2) is 27.7 Å². The molecular weight excluding hydrogens is 206 g/mol. The summed E-state index contributed by atoms with van der Waals surface area (Å²) in [6.45, 7) is 2.50. The number of hydrogen-bond donors (Lipinski definition) is 0. The van der Waals surface area contributed by atoms with Crippen LogP contribution >= 0.6 is 0 Å². The van der Waals surface area contributed by atoms with Crippen LogP contribution in [0, 0.1) is 0 Å². The van der Waals surface area contributed by atoms with Gasteiger partial charge in [-0.1, -0.05) is 0 Å². The number of carbonyl (C=O) groups excluding carboxylic acids is 1. The minimum Gasteiger partial charge on any atom is -0.491 e. The Hall–Kier alpha value is -2.17. The zero-order chi connectivity index (χ0) is 11.4. The van der Waals surface area contributed by atoms with Crippen molar-refractivity contribution in [1.82, 2.24) is 14.8 Å². The maximum absolute atomic E-state index is 10.6. The highest BCUT2D eigenvalue weighted by Gasteiger charge is 2.02. The van der Waals surface area contributed by atoms with Crippen LogP contribution in [0.5, 0.6) is 5.75 Å². The van der Waals surface area contributed by atoms with E-state index in [1.165, 1.54) is 6.20 Å². The minimum atomic E-state index is 0.519. The molecule has 2 rings (SSSR count). The number of carbonyl (C=O) groups is 1. The second-order valence-electron chi connectivity index (χ2n) is 3.15. The molecule has 0 fully saturated rings. The Balaban J connectivity index is 2.30. The van der Waals surface area contributed by atoms with Gasteiger partial charge in [0.15, 0.2) is 12.0 Å². The van der Waals surface area contributed by atoms with Crippen LogP contribution < -0.4 is 4.74 Å². The maximum atomic E-state index is 10.6. The van der Waals surface area contributed by atoms with Crippen molar-refractivity contribution in [3.05, 3.63) is 36.4 Å². The first-order valence-electron chi connectivity index (χ1n) is 4.91. The summed E-state index contributed by atoms with van der Waals surface area (Å²) in [5.41, 5.74) is 1.25. The Kier molecular flexibility index (Phi) is 2.95. The second kappa shape index (κ2) is 4.57. The van der Waals surface area contributed by atoms with Gasteiger partial charge in [-0.15, -0.1) is 0 Å². The van der Waals surface area contributed by atoms with Crippen LogP contribution in [-0.2, 0) is 0 Å². The summed E-state index contributed by atoms with van der Waals surface area (Å²) in [5.74, 6) is 0.694. The molecule has 5 heteroatoms. The second-order valence-corrected chi connectivity index (χ2v) is 3.15. The van der Waals surface area contributed by atoms with E-state index in [0.29, 0.717) is 17.9 Å². The van der Waals surface area contributed by atoms with Crippen LogP contribution in [0.25, 0.3) is 5.69 Å². The lowest BCUT2D eigenvalue weighted by molar-refractivity contribution is 0.112. The van der Waals surface area contributed by atoms with Crippen molar-refractivity contribution in [3.63, 3.8) is 0 Å². The van der Waals surface area contributed by atoms with Gasteiger partial charge >= 0.3 is 0 Å². The average Bonchev–Trinajstić information content (AvgIpc) is 2.78. The lowest BCUT2D eigenvalue weighted by Gasteiger charge is -2.00. The molecule has 0 bridgehead atoms. The van der Waals surface area contributed by atoms with Crippen molar-refractivity contribution in [3.8, 4) is 11.4 Å². The first-order valence-corrected chi connectivity index (χ1v) is 4.91. The number of pyridine rings is 1. The van der Waals surface area contributed by atoms with Gasteiger partial charge in [-0.2, -0.15) is 5.10 Å². The molecule has 82 valence electrons. The SMILES string of the molecule is CCOc1cnn(-c2cncc(C=O)c2)c1. The Morgan fingerprint density at radius 1 is 1.44 bits per heavy atom. The van der Waals surface area contributed by atoms with Crippen molar-refractivity contribution in [1.29, 1.82) is 0 Å². The van der Waals surface area contributed by atoms with Crippen LogP contribution in [0.2, 0.25) is 0 Å². The fourth-order valence-electron chi connectivity index (χ4n) is 1.32. The van der Waals surface area contributed by atoms with Gasteiger partial charge in [-0.25, -0.2) is 4.68 Å². The van der Waals surface area contributed by atoms with E-state index in [2.05, 4.69) is 10.1 Å². The number of nitrogens with zero attached hydrogens (tertiary/aromatic N) is 3. The van der Waals surface area contributed by atoms with Gasteiger partial charge < -0.3 is 4.74 Å². The normalized spacial score (nSPS) is 10.1. The standard InChI is InChI=1S/C11H11N3O2/c1-2-16-11-6-13-14(7-11)10-3-9(8-15)4-12-5-10/h3-8H,2H2,1H3. The van der Waals surface area contributed by atoms with Crippen molar-refractivity contribution in [2.75, 3.05) is 6.61 Å². The van der Waals surface area contributed by atoms with Crippen LogP contribution in [0.15, 0.2) is 30.9 Å². The highest BCUT2D eigenvalue weighted by Crippen LogP contribution is 2.13. The van der Waals surface area contributed by atoms with Crippen LogP contribution in [0.4, 0.5) is 0 Å². The quantitative estimate of drug-likeness (QED) is 0.728. The molecule has 2 aromatic heterocycles. The van der Waals surface area contributed by atoms with Crippen molar-refractivity contribution >= 4 is 6.29 Å². The molecule has 0 unspecified atom stereocenters. The molecule has 0 radical (unpaired) electrons. The average molecular weight is 217 g/mol. The molecule has 2 aromatic rings.